The lowest BCUT2D eigenvalue weighted by molar-refractivity contribution is -0.130. The highest BCUT2D eigenvalue weighted by atomic mass is 79.9. The summed E-state index contributed by atoms with van der Waals surface area (Å²) in [4.78, 5) is 13.0. The fraction of sp³-hybridized carbons (Fsp3) is 0.632. The van der Waals surface area contributed by atoms with Gasteiger partial charge in [-0.15, -0.1) is 12.4 Å². The largest absolute Gasteiger partial charge is 0.384 e. The lowest BCUT2D eigenvalue weighted by atomic mass is 9.63. The number of carbonyl (C=O) groups excluding carboxylic acids is 1. The van der Waals surface area contributed by atoms with E-state index in [-0.39, 0.29) is 29.1 Å². The summed E-state index contributed by atoms with van der Waals surface area (Å²) in [5.41, 5.74) is 0.878. The number of halogens is 2. The fourth-order valence-electron chi connectivity index (χ4n) is 4.02. The van der Waals surface area contributed by atoms with E-state index in [1.807, 2.05) is 12.1 Å². The van der Waals surface area contributed by atoms with E-state index < -0.39 is 0 Å². The molecule has 2 fully saturated rings. The van der Waals surface area contributed by atoms with E-state index in [9.17, 15) is 4.79 Å². The van der Waals surface area contributed by atoms with Crippen LogP contribution in [-0.2, 0) is 14.9 Å². The smallest absolute Gasteiger partial charge is 0.230 e. The van der Waals surface area contributed by atoms with Crippen LogP contribution >= 0.6 is 28.3 Å². The van der Waals surface area contributed by atoms with Crippen LogP contribution in [0.15, 0.2) is 28.7 Å². The molecule has 1 aliphatic carbocycles. The van der Waals surface area contributed by atoms with Gasteiger partial charge in [-0.2, -0.15) is 0 Å². The second kappa shape index (κ2) is 8.85. The summed E-state index contributed by atoms with van der Waals surface area (Å²) in [7, 11) is 1.75. The molecule has 1 heterocycles. The Balaban J connectivity index is 0.00000225. The first kappa shape index (κ1) is 20.7. The number of rotatable bonds is 6. The van der Waals surface area contributed by atoms with Crippen molar-refractivity contribution in [3.63, 3.8) is 0 Å². The molecule has 3 rings (SSSR count). The number of piperidine rings is 1. The van der Waals surface area contributed by atoms with E-state index in [0.717, 1.165) is 55.2 Å². The van der Waals surface area contributed by atoms with Crippen LogP contribution in [0, 0.1) is 5.41 Å². The third kappa shape index (κ3) is 4.38. The van der Waals surface area contributed by atoms with Gasteiger partial charge in [0.15, 0.2) is 0 Å². The zero-order chi connectivity index (χ0) is 17.0. The van der Waals surface area contributed by atoms with Crippen molar-refractivity contribution in [3.05, 3.63) is 34.3 Å². The molecular weight excluding hydrogens is 404 g/mol. The summed E-state index contributed by atoms with van der Waals surface area (Å²) in [6, 6.07) is 8.22. The number of nitrogens with one attached hydrogen (secondary N) is 2. The van der Waals surface area contributed by atoms with Crippen LogP contribution in [0.5, 0.6) is 0 Å². The highest BCUT2D eigenvalue weighted by molar-refractivity contribution is 9.10. The minimum atomic E-state index is -0.331. The monoisotopic (exact) mass is 430 g/mol. The average Bonchev–Trinajstić information content (AvgIpc) is 2.55. The Labute approximate surface area is 165 Å². The van der Waals surface area contributed by atoms with Gasteiger partial charge in [-0.3, -0.25) is 4.79 Å². The SMILES string of the molecule is COCC1(CNC(=O)C2(c3ccc(Br)cc3)CCC2)CCNCC1.Cl. The third-order valence-corrected chi connectivity index (χ3v) is 6.31. The summed E-state index contributed by atoms with van der Waals surface area (Å²) >= 11 is 3.48. The van der Waals surface area contributed by atoms with E-state index in [1.165, 1.54) is 0 Å². The normalized spacial score (nSPS) is 20.9. The summed E-state index contributed by atoms with van der Waals surface area (Å²) in [5.74, 6) is 0.185. The number of methoxy groups -OCH3 is 1. The Bertz CT molecular complexity index is 564. The van der Waals surface area contributed by atoms with Gasteiger partial charge < -0.3 is 15.4 Å². The van der Waals surface area contributed by atoms with E-state index in [2.05, 4.69) is 38.7 Å². The van der Waals surface area contributed by atoms with Crippen LogP contribution in [0.3, 0.4) is 0 Å². The molecule has 2 N–H and O–H groups in total. The second-order valence-corrected chi connectivity index (χ2v) is 8.22. The molecule has 140 valence electrons. The van der Waals surface area contributed by atoms with Crippen LogP contribution < -0.4 is 10.6 Å². The Morgan fingerprint density at radius 1 is 1.20 bits per heavy atom. The van der Waals surface area contributed by atoms with Crippen molar-refractivity contribution in [3.8, 4) is 0 Å². The lowest BCUT2D eigenvalue weighted by Crippen LogP contribution is -2.53. The minimum absolute atomic E-state index is 0. The zero-order valence-electron chi connectivity index (χ0n) is 14.8. The number of amides is 1. The second-order valence-electron chi connectivity index (χ2n) is 7.31. The van der Waals surface area contributed by atoms with Gasteiger partial charge in [0.05, 0.1) is 12.0 Å². The molecule has 1 saturated carbocycles. The van der Waals surface area contributed by atoms with Crippen LogP contribution in [-0.4, -0.2) is 39.3 Å². The molecule has 0 spiro atoms. The van der Waals surface area contributed by atoms with Gasteiger partial charge >= 0.3 is 0 Å². The maximum Gasteiger partial charge on any atom is 0.230 e. The highest BCUT2D eigenvalue weighted by Gasteiger charge is 2.46. The molecule has 1 aromatic carbocycles. The van der Waals surface area contributed by atoms with Gasteiger partial charge in [-0.25, -0.2) is 0 Å². The van der Waals surface area contributed by atoms with E-state index in [4.69, 9.17) is 4.74 Å². The van der Waals surface area contributed by atoms with Gasteiger partial charge in [0.25, 0.3) is 0 Å². The molecule has 0 aromatic heterocycles. The molecule has 0 unspecified atom stereocenters. The van der Waals surface area contributed by atoms with Gasteiger partial charge in [0.2, 0.25) is 5.91 Å². The van der Waals surface area contributed by atoms with Crippen molar-refractivity contribution in [2.75, 3.05) is 33.4 Å². The number of ether oxygens (including phenoxy) is 1. The van der Waals surface area contributed by atoms with Crippen LogP contribution in [0.25, 0.3) is 0 Å². The molecule has 1 amide bonds. The van der Waals surface area contributed by atoms with Crippen molar-refractivity contribution in [1.82, 2.24) is 10.6 Å². The van der Waals surface area contributed by atoms with Crippen molar-refractivity contribution < 1.29 is 9.53 Å². The Hall–Kier alpha value is -0.620. The molecule has 25 heavy (non-hydrogen) atoms. The molecule has 1 aliphatic heterocycles. The third-order valence-electron chi connectivity index (χ3n) is 5.78. The van der Waals surface area contributed by atoms with E-state index >= 15 is 0 Å². The molecule has 6 heteroatoms. The lowest BCUT2D eigenvalue weighted by Gasteiger charge is -2.43. The molecule has 0 bridgehead atoms. The minimum Gasteiger partial charge on any atom is -0.384 e. The van der Waals surface area contributed by atoms with Crippen molar-refractivity contribution in [2.45, 2.75) is 37.5 Å². The van der Waals surface area contributed by atoms with Crippen molar-refractivity contribution in [2.24, 2.45) is 5.41 Å². The number of benzene rings is 1. The number of hydrogen-bond acceptors (Lipinski definition) is 3. The summed E-state index contributed by atoms with van der Waals surface area (Å²) in [5, 5.41) is 6.67. The Morgan fingerprint density at radius 3 is 2.36 bits per heavy atom. The maximum absolute atomic E-state index is 13.0. The standard InChI is InChI=1S/C19H27BrN2O2.ClH/c1-24-14-18(9-11-21-12-10-18)13-22-17(23)19(7-2-8-19)15-3-5-16(20)6-4-15;/h3-6,21H,2,7-14H2,1H3,(H,22,23);1H. The molecule has 2 aliphatic rings. The molecule has 1 aromatic rings. The van der Waals surface area contributed by atoms with Gasteiger partial charge in [-0.05, 0) is 56.5 Å². The van der Waals surface area contributed by atoms with Crippen molar-refractivity contribution >= 4 is 34.2 Å². The highest BCUT2D eigenvalue weighted by Crippen LogP contribution is 2.44. The van der Waals surface area contributed by atoms with Crippen molar-refractivity contribution in [1.29, 1.82) is 0 Å². The first-order chi connectivity index (χ1) is 11.6. The predicted octanol–water partition coefficient (Wildman–Crippen LogP) is 3.43. The van der Waals surface area contributed by atoms with Crippen LogP contribution in [0.1, 0.15) is 37.7 Å². The summed E-state index contributed by atoms with van der Waals surface area (Å²) < 4.78 is 6.51. The van der Waals surface area contributed by atoms with Gasteiger partial charge in [-0.1, -0.05) is 34.5 Å². The average molecular weight is 432 g/mol. The zero-order valence-corrected chi connectivity index (χ0v) is 17.2. The van der Waals surface area contributed by atoms with Gasteiger partial charge in [0.1, 0.15) is 0 Å². The molecule has 0 radical (unpaired) electrons. The first-order valence-electron chi connectivity index (χ1n) is 8.84. The Morgan fingerprint density at radius 2 is 1.84 bits per heavy atom. The first-order valence-corrected chi connectivity index (χ1v) is 9.64. The molecular formula is C19H28BrClN2O2. The topological polar surface area (TPSA) is 50.4 Å². The predicted molar refractivity (Wildman–Crippen MR) is 106 cm³/mol. The summed E-state index contributed by atoms with van der Waals surface area (Å²) in [6.45, 7) is 3.41. The van der Waals surface area contributed by atoms with Crippen LogP contribution in [0.4, 0.5) is 0 Å². The maximum atomic E-state index is 13.0. The molecule has 0 atom stereocenters. The van der Waals surface area contributed by atoms with E-state index in [0.29, 0.717) is 13.2 Å². The number of carbonyl (C=O) groups is 1. The van der Waals surface area contributed by atoms with E-state index in [1.54, 1.807) is 7.11 Å². The molecule has 1 saturated heterocycles. The van der Waals surface area contributed by atoms with Crippen LogP contribution in [0.2, 0.25) is 0 Å². The molecule has 4 nitrogen and oxygen atoms in total. The van der Waals surface area contributed by atoms with Gasteiger partial charge in [0, 0.05) is 23.5 Å². The number of hydrogen-bond donors (Lipinski definition) is 2. The quantitative estimate of drug-likeness (QED) is 0.725. The summed E-state index contributed by atoms with van der Waals surface area (Å²) in [6.07, 6.45) is 5.11. The Kier molecular flexibility index (Phi) is 7.32. The fourth-order valence-corrected chi connectivity index (χ4v) is 4.28.